The molecule has 6 nitrogen and oxygen atoms in total. The largest absolute Gasteiger partial charge is 0.367 e. The van der Waals surface area contributed by atoms with Gasteiger partial charge in [0.05, 0.1) is 0 Å². The SMILES string of the molecule is O=C(NCCNc1ccc(-n2cccc2)nn1)c1cccc(I)c1. The van der Waals surface area contributed by atoms with Crippen LogP contribution < -0.4 is 10.6 Å². The molecule has 3 rings (SSSR count). The first-order valence-electron chi connectivity index (χ1n) is 7.47. The van der Waals surface area contributed by atoms with E-state index in [0.29, 0.717) is 24.5 Å². The molecule has 122 valence electrons. The van der Waals surface area contributed by atoms with Crippen LogP contribution in [-0.2, 0) is 0 Å². The van der Waals surface area contributed by atoms with Gasteiger partial charge in [-0.15, -0.1) is 10.2 Å². The molecule has 1 aromatic carbocycles. The second kappa shape index (κ2) is 7.91. The molecule has 24 heavy (non-hydrogen) atoms. The number of nitrogens with one attached hydrogen (secondary N) is 2. The van der Waals surface area contributed by atoms with Crippen molar-refractivity contribution in [2.45, 2.75) is 0 Å². The van der Waals surface area contributed by atoms with Gasteiger partial charge in [0, 0.05) is 34.6 Å². The van der Waals surface area contributed by atoms with Gasteiger partial charge >= 0.3 is 0 Å². The fraction of sp³-hybridized carbons (Fsp3) is 0.118. The number of aromatic nitrogens is 3. The van der Waals surface area contributed by atoms with Gasteiger partial charge in [-0.2, -0.15) is 0 Å². The summed E-state index contributed by atoms with van der Waals surface area (Å²) in [6, 6.07) is 15.1. The maximum Gasteiger partial charge on any atom is 0.251 e. The van der Waals surface area contributed by atoms with E-state index in [2.05, 4.69) is 43.4 Å². The normalized spacial score (nSPS) is 10.4. The van der Waals surface area contributed by atoms with Gasteiger partial charge < -0.3 is 15.2 Å². The van der Waals surface area contributed by atoms with E-state index in [0.717, 1.165) is 9.39 Å². The second-order valence-corrected chi connectivity index (χ2v) is 6.31. The molecule has 0 fully saturated rings. The Morgan fingerprint density at radius 1 is 1.04 bits per heavy atom. The Labute approximate surface area is 153 Å². The molecule has 0 saturated carbocycles. The lowest BCUT2D eigenvalue weighted by molar-refractivity contribution is 0.0955. The maximum atomic E-state index is 12.0. The highest BCUT2D eigenvalue weighted by Crippen LogP contribution is 2.08. The van der Waals surface area contributed by atoms with Crippen LogP contribution in [0, 0.1) is 3.57 Å². The smallest absolute Gasteiger partial charge is 0.251 e. The van der Waals surface area contributed by atoms with Crippen molar-refractivity contribution in [2.24, 2.45) is 0 Å². The monoisotopic (exact) mass is 433 g/mol. The van der Waals surface area contributed by atoms with Crippen molar-refractivity contribution in [3.05, 3.63) is 70.1 Å². The van der Waals surface area contributed by atoms with Gasteiger partial charge in [-0.1, -0.05) is 6.07 Å². The van der Waals surface area contributed by atoms with Gasteiger partial charge in [-0.25, -0.2) is 0 Å². The molecular formula is C17H16IN5O. The van der Waals surface area contributed by atoms with E-state index in [1.54, 1.807) is 6.07 Å². The van der Waals surface area contributed by atoms with Crippen molar-refractivity contribution in [3.63, 3.8) is 0 Å². The Kier molecular flexibility index (Phi) is 5.42. The van der Waals surface area contributed by atoms with E-state index in [1.807, 2.05) is 59.4 Å². The first-order chi connectivity index (χ1) is 11.7. The maximum absolute atomic E-state index is 12.0. The molecule has 2 aromatic heterocycles. The van der Waals surface area contributed by atoms with E-state index in [-0.39, 0.29) is 5.91 Å². The molecule has 0 spiro atoms. The Morgan fingerprint density at radius 3 is 2.58 bits per heavy atom. The molecule has 0 aliphatic carbocycles. The van der Waals surface area contributed by atoms with Crippen molar-refractivity contribution in [3.8, 4) is 5.82 Å². The van der Waals surface area contributed by atoms with Crippen LogP contribution in [0.15, 0.2) is 60.9 Å². The zero-order valence-electron chi connectivity index (χ0n) is 12.8. The number of hydrogen-bond acceptors (Lipinski definition) is 4. The molecule has 0 bridgehead atoms. The molecule has 0 aliphatic heterocycles. The van der Waals surface area contributed by atoms with Gasteiger partial charge in [0.1, 0.15) is 5.82 Å². The van der Waals surface area contributed by atoms with E-state index in [1.165, 1.54) is 0 Å². The van der Waals surface area contributed by atoms with Gasteiger partial charge in [0.15, 0.2) is 5.82 Å². The third-order valence-electron chi connectivity index (χ3n) is 3.32. The summed E-state index contributed by atoms with van der Waals surface area (Å²) in [6.45, 7) is 1.08. The minimum atomic E-state index is -0.0793. The Morgan fingerprint density at radius 2 is 1.88 bits per heavy atom. The van der Waals surface area contributed by atoms with Crippen LogP contribution in [0.2, 0.25) is 0 Å². The molecule has 0 aliphatic rings. The number of nitrogens with zero attached hydrogens (tertiary/aromatic N) is 3. The van der Waals surface area contributed by atoms with Crippen molar-refractivity contribution in [1.82, 2.24) is 20.1 Å². The molecule has 0 atom stereocenters. The highest BCUT2D eigenvalue weighted by Gasteiger charge is 2.05. The fourth-order valence-electron chi connectivity index (χ4n) is 2.14. The predicted molar refractivity (Wildman–Crippen MR) is 101 cm³/mol. The van der Waals surface area contributed by atoms with E-state index in [9.17, 15) is 4.79 Å². The summed E-state index contributed by atoms with van der Waals surface area (Å²) in [5.41, 5.74) is 0.665. The minimum Gasteiger partial charge on any atom is -0.367 e. The van der Waals surface area contributed by atoms with E-state index < -0.39 is 0 Å². The van der Waals surface area contributed by atoms with Crippen LogP contribution in [0.25, 0.3) is 5.82 Å². The predicted octanol–water partition coefficient (Wildman–Crippen LogP) is 2.71. The van der Waals surface area contributed by atoms with Crippen molar-refractivity contribution in [2.75, 3.05) is 18.4 Å². The second-order valence-electron chi connectivity index (χ2n) is 5.06. The number of carbonyl (C=O) groups excluding carboxylic acids is 1. The molecule has 7 heteroatoms. The van der Waals surface area contributed by atoms with E-state index in [4.69, 9.17) is 0 Å². The summed E-state index contributed by atoms with van der Waals surface area (Å²) in [6.07, 6.45) is 3.83. The molecular weight excluding hydrogens is 417 g/mol. The summed E-state index contributed by atoms with van der Waals surface area (Å²) >= 11 is 2.19. The lowest BCUT2D eigenvalue weighted by atomic mass is 10.2. The number of halogens is 1. The summed E-state index contributed by atoms with van der Waals surface area (Å²) < 4.78 is 2.93. The topological polar surface area (TPSA) is 71.8 Å². The average Bonchev–Trinajstić information content (AvgIpc) is 3.14. The molecule has 1 amide bonds. The molecule has 0 radical (unpaired) electrons. The standard InChI is InChI=1S/C17H16IN5O/c18-14-5-3-4-13(12-14)17(24)20-9-8-19-15-6-7-16(22-21-15)23-10-1-2-11-23/h1-7,10-12H,8-9H2,(H,19,21)(H,20,24). The summed E-state index contributed by atoms with van der Waals surface area (Å²) in [7, 11) is 0. The third-order valence-corrected chi connectivity index (χ3v) is 3.99. The van der Waals surface area contributed by atoms with Crippen molar-refractivity contribution in [1.29, 1.82) is 0 Å². The van der Waals surface area contributed by atoms with E-state index >= 15 is 0 Å². The summed E-state index contributed by atoms with van der Waals surface area (Å²) in [4.78, 5) is 12.0. The van der Waals surface area contributed by atoms with Crippen LogP contribution >= 0.6 is 22.6 Å². The lowest BCUT2D eigenvalue weighted by Crippen LogP contribution is -2.29. The highest BCUT2D eigenvalue weighted by atomic mass is 127. The van der Waals surface area contributed by atoms with Gasteiger partial charge in [-0.3, -0.25) is 4.79 Å². The highest BCUT2D eigenvalue weighted by molar-refractivity contribution is 14.1. The van der Waals surface area contributed by atoms with Crippen LogP contribution in [0.1, 0.15) is 10.4 Å². The van der Waals surface area contributed by atoms with Crippen LogP contribution in [0.5, 0.6) is 0 Å². The first-order valence-corrected chi connectivity index (χ1v) is 8.55. The average molecular weight is 433 g/mol. The Hall–Kier alpha value is -2.42. The van der Waals surface area contributed by atoms with Crippen LogP contribution in [0.3, 0.4) is 0 Å². The molecule has 0 saturated heterocycles. The Balaban J connectivity index is 1.46. The van der Waals surface area contributed by atoms with Crippen molar-refractivity contribution < 1.29 is 4.79 Å². The zero-order chi connectivity index (χ0) is 16.8. The quantitative estimate of drug-likeness (QED) is 0.464. The fourth-order valence-corrected chi connectivity index (χ4v) is 2.69. The van der Waals surface area contributed by atoms with Crippen LogP contribution in [-0.4, -0.2) is 33.8 Å². The lowest BCUT2D eigenvalue weighted by Gasteiger charge is -2.08. The number of rotatable bonds is 6. The number of amides is 1. The zero-order valence-corrected chi connectivity index (χ0v) is 15.0. The summed E-state index contributed by atoms with van der Waals surface area (Å²) in [5, 5.41) is 14.3. The number of anilines is 1. The van der Waals surface area contributed by atoms with Crippen molar-refractivity contribution >= 4 is 34.3 Å². The van der Waals surface area contributed by atoms with Gasteiger partial charge in [0.2, 0.25) is 0 Å². The molecule has 2 N–H and O–H groups in total. The molecule has 0 unspecified atom stereocenters. The molecule has 2 heterocycles. The number of benzene rings is 1. The van der Waals surface area contributed by atoms with Gasteiger partial charge in [-0.05, 0) is 65.1 Å². The van der Waals surface area contributed by atoms with Crippen LogP contribution in [0.4, 0.5) is 5.82 Å². The number of hydrogen-bond donors (Lipinski definition) is 2. The molecule has 3 aromatic rings. The number of carbonyl (C=O) groups is 1. The van der Waals surface area contributed by atoms with Gasteiger partial charge in [0.25, 0.3) is 5.91 Å². The first kappa shape index (κ1) is 16.4. The summed E-state index contributed by atoms with van der Waals surface area (Å²) in [5.74, 6) is 1.36. The Bertz CT molecular complexity index is 802. The minimum absolute atomic E-state index is 0.0793. The third kappa shape index (κ3) is 4.31.